The summed E-state index contributed by atoms with van der Waals surface area (Å²) in [5, 5.41) is 6.78. The van der Waals surface area contributed by atoms with Crippen molar-refractivity contribution in [1.82, 2.24) is 0 Å². The third-order valence-corrected chi connectivity index (χ3v) is 11.0. The Hall–Kier alpha value is -3.62. The van der Waals surface area contributed by atoms with Crippen molar-refractivity contribution in [1.29, 1.82) is 0 Å². The highest BCUT2D eigenvalue weighted by atomic mass is 79.9. The summed E-state index contributed by atoms with van der Waals surface area (Å²) in [4.78, 5) is 13.4. The number of sulfonamides is 1. The minimum atomic E-state index is -3.76. The van der Waals surface area contributed by atoms with Crippen LogP contribution in [-0.2, 0) is 10.0 Å². The monoisotopic (exact) mass is 627 g/mol. The van der Waals surface area contributed by atoms with Gasteiger partial charge in [-0.15, -0.1) is 0 Å². The molecule has 2 bridgehead atoms. The number of rotatable bonds is 6. The molecular weight excluding hydrogens is 598 g/mol. The molecular formula is C33H30BrN3O3S. The SMILES string of the molecule is O=C(Nc1ccc(S(=O)(=O)Nc2ccc(Br)cc2)cc1)c1ccc2c(c1)[C@@H]1[C@H]3CC[C@@H](C3)[C@@H]1[C@H](c1ccccc1)N2. The van der Waals surface area contributed by atoms with E-state index in [1.54, 1.807) is 36.4 Å². The summed E-state index contributed by atoms with van der Waals surface area (Å²) in [5.41, 5.74) is 5.33. The van der Waals surface area contributed by atoms with Gasteiger partial charge in [-0.2, -0.15) is 0 Å². The average Bonchev–Trinajstić information content (AvgIpc) is 3.62. The van der Waals surface area contributed by atoms with E-state index < -0.39 is 10.0 Å². The molecule has 1 heterocycles. The maximum Gasteiger partial charge on any atom is 0.261 e. The molecule has 1 amide bonds. The van der Waals surface area contributed by atoms with Crippen molar-refractivity contribution < 1.29 is 13.2 Å². The maximum absolute atomic E-state index is 13.3. The number of hydrogen-bond donors (Lipinski definition) is 3. The van der Waals surface area contributed by atoms with Crippen molar-refractivity contribution in [3.8, 4) is 0 Å². The third kappa shape index (κ3) is 4.93. The zero-order valence-corrected chi connectivity index (χ0v) is 24.7. The predicted octanol–water partition coefficient (Wildman–Crippen LogP) is 7.80. The van der Waals surface area contributed by atoms with E-state index in [-0.39, 0.29) is 16.8 Å². The van der Waals surface area contributed by atoms with E-state index in [0.717, 1.165) is 10.2 Å². The lowest BCUT2D eigenvalue weighted by Crippen LogP contribution is -2.35. The summed E-state index contributed by atoms with van der Waals surface area (Å²) in [6.07, 6.45) is 3.81. The van der Waals surface area contributed by atoms with E-state index in [0.29, 0.717) is 40.6 Å². The van der Waals surface area contributed by atoms with Crippen molar-refractivity contribution in [2.45, 2.75) is 36.1 Å². The topological polar surface area (TPSA) is 87.3 Å². The number of fused-ring (bicyclic) bond motifs is 7. The van der Waals surface area contributed by atoms with Crippen molar-refractivity contribution in [2.24, 2.45) is 17.8 Å². The van der Waals surface area contributed by atoms with Gasteiger partial charge in [0.15, 0.2) is 0 Å². The molecule has 2 fully saturated rings. The Morgan fingerprint density at radius 2 is 1.54 bits per heavy atom. The van der Waals surface area contributed by atoms with Crippen LogP contribution in [0.1, 0.15) is 52.7 Å². The first kappa shape index (κ1) is 26.3. The van der Waals surface area contributed by atoms with Crippen LogP contribution in [0.4, 0.5) is 17.1 Å². The second-order valence-corrected chi connectivity index (χ2v) is 14.0. The van der Waals surface area contributed by atoms with Crippen LogP contribution >= 0.6 is 15.9 Å². The number of carbonyl (C=O) groups is 1. The van der Waals surface area contributed by atoms with Crippen molar-refractivity contribution in [2.75, 3.05) is 15.4 Å². The first-order valence-corrected chi connectivity index (χ1v) is 16.3. The smallest absolute Gasteiger partial charge is 0.261 e. The second-order valence-electron chi connectivity index (χ2n) is 11.4. The van der Waals surface area contributed by atoms with Gasteiger partial charge in [0, 0.05) is 27.1 Å². The van der Waals surface area contributed by atoms with E-state index in [2.05, 4.69) is 67.7 Å². The number of hydrogen-bond acceptors (Lipinski definition) is 4. The number of nitrogens with one attached hydrogen (secondary N) is 3. The first-order valence-electron chi connectivity index (χ1n) is 14.0. The normalized spacial score (nSPS) is 24.2. The molecule has 5 atom stereocenters. The molecule has 0 radical (unpaired) electrons. The summed E-state index contributed by atoms with van der Waals surface area (Å²) < 4.78 is 29.1. The summed E-state index contributed by atoms with van der Waals surface area (Å²) in [5.74, 6) is 2.15. The molecule has 41 heavy (non-hydrogen) atoms. The third-order valence-electron chi connectivity index (χ3n) is 9.03. The van der Waals surface area contributed by atoms with Crippen LogP contribution in [0.15, 0.2) is 106 Å². The molecule has 2 aliphatic carbocycles. The summed E-state index contributed by atoms with van der Waals surface area (Å²) in [7, 11) is -3.76. The summed E-state index contributed by atoms with van der Waals surface area (Å²) in [6, 6.07) is 30.2. The molecule has 6 nitrogen and oxygen atoms in total. The van der Waals surface area contributed by atoms with E-state index >= 15 is 0 Å². The number of amides is 1. The Morgan fingerprint density at radius 3 is 2.29 bits per heavy atom. The molecule has 7 rings (SSSR count). The van der Waals surface area contributed by atoms with Crippen LogP contribution < -0.4 is 15.4 Å². The fourth-order valence-electron chi connectivity index (χ4n) is 7.27. The lowest BCUT2D eigenvalue weighted by atomic mass is 9.68. The molecule has 0 unspecified atom stereocenters. The standard InChI is InChI=1S/C33H30BrN3O3S/c34-24-9-11-26(12-10-24)37-41(39,40)27-15-13-25(14-16-27)35-33(38)23-8-17-29-28(19-23)30-21-6-7-22(18-21)31(30)32(36-29)20-4-2-1-3-5-20/h1-5,8-17,19,21-22,30-32,36-37H,6-7,18H2,(H,35,38)/t21-,22-,30-,31-,32-/m0/s1. The Kier molecular flexibility index (Phi) is 6.63. The molecule has 208 valence electrons. The van der Waals surface area contributed by atoms with Crippen LogP contribution in [0.5, 0.6) is 0 Å². The van der Waals surface area contributed by atoms with Gasteiger partial charge >= 0.3 is 0 Å². The van der Waals surface area contributed by atoms with Gasteiger partial charge in [-0.25, -0.2) is 8.42 Å². The van der Waals surface area contributed by atoms with Crippen molar-refractivity contribution >= 4 is 48.9 Å². The molecule has 2 saturated carbocycles. The average molecular weight is 629 g/mol. The molecule has 3 aliphatic rings. The lowest BCUT2D eigenvalue weighted by molar-refractivity contribution is 0.102. The fourth-order valence-corrected chi connectivity index (χ4v) is 8.59. The molecule has 0 aromatic heterocycles. The Morgan fingerprint density at radius 1 is 0.829 bits per heavy atom. The minimum absolute atomic E-state index is 0.119. The van der Waals surface area contributed by atoms with Gasteiger partial charge in [-0.3, -0.25) is 9.52 Å². The highest BCUT2D eigenvalue weighted by molar-refractivity contribution is 9.10. The summed E-state index contributed by atoms with van der Waals surface area (Å²) in [6.45, 7) is 0. The Labute approximate surface area is 248 Å². The van der Waals surface area contributed by atoms with Crippen LogP contribution in [0, 0.1) is 17.8 Å². The largest absolute Gasteiger partial charge is 0.378 e. The summed E-state index contributed by atoms with van der Waals surface area (Å²) >= 11 is 3.35. The molecule has 4 aromatic rings. The highest BCUT2D eigenvalue weighted by Crippen LogP contribution is 2.63. The number of benzene rings is 4. The van der Waals surface area contributed by atoms with Gasteiger partial charge in [0.05, 0.1) is 10.9 Å². The molecule has 1 aliphatic heterocycles. The predicted molar refractivity (Wildman–Crippen MR) is 166 cm³/mol. The van der Waals surface area contributed by atoms with E-state index in [9.17, 15) is 13.2 Å². The molecule has 8 heteroatoms. The molecule has 0 spiro atoms. The minimum Gasteiger partial charge on any atom is -0.378 e. The molecule has 0 saturated heterocycles. The zero-order chi connectivity index (χ0) is 28.1. The Balaban J connectivity index is 1.10. The second kappa shape index (κ2) is 10.3. The first-order chi connectivity index (χ1) is 19.9. The van der Waals surface area contributed by atoms with Crippen molar-refractivity contribution in [3.05, 3.63) is 118 Å². The zero-order valence-electron chi connectivity index (χ0n) is 22.3. The quantitative estimate of drug-likeness (QED) is 0.203. The van der Waals surface area contributed by atoms with Gasteiger partial charge in [-0.1, -0.05) is 46.3 Å². The molecule has 4 aromatic carbocycles. The van der Waals surface area contributed by atoms with Gasteiger partial charge in [0.1, 0.15) is 0 Å². The van der Waals surface area contributed by atoms with Crippen LogP contribution in [0.25, 0.3) is 0 Å². The van der Waals surface area contributed by atoms with Crippen LogP contribution in [-0.4, -0.2) is 14.3 Å². The van der Waals surface area contributed by atoms with Gasteiger partial charge < -0.3 is 10.6 Å². The van der Waals surface area contributed by atoms with Gasteiger partial charge in [0.2, 0.25) is 0 Å². The van der Waals surface area contributed by atoms with E-state index in [4.69, 9.17) is 0 Å². The Bertz CT molecular complexity index is 1710. The number of carbonyl (C=O) groups excluding carboxylic acids is 1. The van der Waals surface area contributed by atoms with Crippen LogP contribution in [0.3, 0.4) is 0 Å². The maximum atomic E-state index is 13.3. The highest BCUT2D eigenvalue weighted by Gasteiger charge is 2.53. The van der Waals surface area contributed by atoms with E-state index in [1.165, 1.54) is 42.5 Å². The van der Waals surface area contributed by atoms with Gasteiger partial charge in [-0.05, 0) is 121 Å². The van der Waals surface area contributed by atoms with E-state index in [1.807, 2.05) is 12.1 Å². The van der Waals surface area contributed by atoms with Gasteiger partial charge in [0.25, 0.3) is 15.9 Å². The van der Waals surface area contributed by atoms with Crippen LogP contribution in [0.2, 0.25) is 0 Å². The van der Waals surface area contributed by atoms with Crippen molar-refractivity contribution in [3.63, 3.8) is 0 Å². The fraction of sp³-hybridized carbons (Fsp3) is 0.242. The molecule has 3 N–H and O–H groups in total. The number of anilines is 3. The lowest BCUT2D eigenvalue weighted by Gasteiger charge is -2.43. The number of halogens is 1.